The summed E-state index contributed by atoms with van der Waals surface area (Å²) < 4.78 is 7.00. The zero-order valence-electron chi connectivity index (χ0n) is 23.9. The van der Waals surface area contributed by atoms with Crippen molar-refractivity contribution in [3.63, 3.8) is 0 Å². The largest absolute Gasteiger partial charge is 0.380 e. The number of benzene rings is 1. The fourth-order valence-corrected chi connectivity index (χ4v) is 5.36. The number of nitrogens with one attached hydrogen (secondary N) is 1. The van der Waals surface area contributed by atoms with Crippen LogP contribution in [0.1, 0.15) is 38.7 Å². The second kappa shape index (κ2) is 12.5. The first-order valence-electron chi connectivity index (χ1n) is 13.8. The molecule has 1 saturated carbocycles. The number of piperazine rings is 1. The highest BCUT2D eigenvalue weighted by Crippen LogP contribution is 2.25. The molecule has 2 heterocycles. The molecule has 0 unspecified atom stereocenters. The van der Waals surface area contributed by atoms with Crippen LogP contribution in [0.5, 0.6) is 0 Å². The number of methoxy groups -OCH3 is 1. The number of nitrogens with zero attached hydrogens (tertiary/aromatic N) is 5. The Balaban J connectivity index is 1.32. The molecule has 3 amide bonds. The predicted molar refractivity (Wildman–Crippen MR) is 153 cm³/mol. The van der Waals surface area contributed by atoms with Crippen molar-refractivity contribution in [2.75, 3.05) is 45.7 Å². The lowest BCUT2D eigenvalue weighted by molar-refractivity contribution is -0.137. The third-order valence-electron chi connectivity index (χ3n) is 7.83. The maximum atomic E-state index is 12.8. The zero-order valence-corrected chi connectivity index (χ0v) is 23.9. The molecule has 12 heteroatoms. The number of hydrogen-bond donors (Lipinski definition) is 3. The summed E-state index contributed by atoms with van der Waals surface area (Å²) in [5.41, 5.74) is 12.5. The molecule has 1 aromatic carbocycles. The van der Waals surface area contributed by atoms with E-state index >= 15 is 0 Å². The number of ether oxygens (including phenoxy) is 1. The van der Waals surface area contributed by atoms with Crippen LogP contribution in [0.25, 0.3) is 5.69 Å². The van der Waals surface area contributed by atoms with E-state index in [2.05, 4.69) is 22.2 Å². The van der Waals surface area contributed by atoms with E-state index in [-0.39, 0.29) is 29.9 Å². The molecule has 1 aliphatic carbocycles. The lowest BCUT2D eigenvalue weighted by Gasteiger charge is -2.38. The lowest BCUT2D eigenvalue weighted by Crippen LogP contribution is -2.58. The highest BCUT2D eigenvalue weighted by molar-refractivity contribution is 5.89. The second-order valence-electron chi connectivity index (χ2n) is 11.4. The fraction of sp³-hybridized carbons (Fsp3) is 0.571. The molecular formula is C28H42N8O4. The van der Waals surface area contributed by atoms with Crippen molar-refractivity contribution >= 4 is 17.8 Å². The second-order valence-corrected chi connectivity index (χ2v) is 11.4. The van der Waals surface area contributed by atoms with Gasteiger partial charge in [0.15, 0.2) is 0 Å². The summed E-state index contributed by atoms with van der Waals surface area (Å²) >= 11 is 0. The number of hydrogen-bond acceptors (Lipinski definition) is 8. The van der Waals surface area contributed by atoms with Crippen LogP contribution in [0.2, 0.25) is 0 Å². The summed E-state index contributed by atoms with van der Waals surface area (Å²) in [4.78, 5) is 47.5. The molecule has 218 valence electrons. The number of amides is 3. The van der Waals surface area contributed by atoms with E-state index in [4.69, 9.17) is 16.2 Å². The molecule has 1 aromatic heterocycles. The number of urea groups is 1. The SMILES string of the molecule is CO[C@H]1C[C@@H](N(C)Cc2ccc(-n3ccc(NC(=O)N4CCN(C(=O)C(C)(C)N)CC4)nc3=O)cc2)CC[C@@H]1N. The van der Waals surface area contributed by atoms with Gasteiger partial charge in [0.25, 0.3) is 0 Å². The van der Waals surface area contributed by atoms with Crippen molar-refractivity contribution in [1.29, 1.82) is 0 Å². The summed E-state index contributed by atoms with van der Waals surface area (Å²) in [6.45, 7) is 5.65. The number of aromatic nitrogens is 2. The Kier molecular flexibility index (Phi) is 9.24. The molecule has 12 nitrogen and oxygen atoms in total. The monoisotopic (exact) mass is 554 g/mol. The maximum absolute atomic E-state index is 12.8. The number of anilines is 1. The number of carbonyl (C=O) groups excluding carboxylic acids is 2. The molecule has 1 aliphatic heterocycles. The summed E-state index contributed by atoms with van der Waals surface area (Å²) in [6, 6.07) is 9.53. The van der Waals surface area contributed by atoms with Crippen molar-refractivity contribution in [2.24, 2.45) is 11.5 Å². The minimum atomic E-state index is -0.951. The molecule has 1 saturated heterocycles. The Hall–Kier alpha value is -3.32. The molecule has 2 aromatic rings. The van der Waals surface area contributed by atoms with E-state index in [1.807, 2.05) is 24.3 Å². The summed E-state index contributed by atoms with van der Waals surface area (Å²) in [5.74, 6) is 0.0279. The van der Waals surface area contributed by atoms with Crippen LogP contribution in [0.15, 0.2) is 41.3 Å². The van der Waals surface area contributed by atoms with Crippen LogP contribution in [-0.4, -0.2) is 100 Å². The third-order valence-corrected chi connectivity index (χ3v) is 7.83. The third kappa shape index (κ3) is 7.05. The van der Waals surface area contributed by atoms with E-state index in [9.17, 15) is 14.4 Å². The van der Waals surface area contributed by atoms with Gasteiger partial charge in [-0.05, 0) is 63.9 Å². The van der Waals surface area contributed by atoms with Gasteiger partial charge < -0.3 is 26.0 Å². The smallest absolute Gasteiger partial charge is 0.354 e. The van der Waals surface area contributed by atoms with Gasteiger partial charge in [-0.15, -0.1) is 0 Å². The van der Waals surface area contributed by atoms with E-state index in [0.29, 0.717) is 37.9 Å². The number of rotatable bonds is 7. The van der Waals surface area contributed by atoms with Gasteiger partial charge in [0.1, 0.15) is 5.82 Å². The molecule has 2 aliphatic rings. The van der Waals surface area contributed by atoms with Gasteiger partial charge >= 0.3 is 11.7 Å². The molecule has 0 bridgehead atoms. The van der Waals surface area contributed by atoms with Crippen LogP contribution >= 0.6 is 0 Å². The van der Waals surface area contributed by atoms with E-state index < -0.39 is 11.2 Å². The molecule has 0 spiro atoms. The molecule has 0 radical (unpaired) electrons. The Morgan fingerprint density at radius 1 is 1.10 bits per heavy atom. The predicted octanol–water partition coefficient (Wildman–Crippen LogP) is 0.973. The molecular weight excluding hydrogens is 512 g/mol. The van der Waals surface area contributed by atoms with Crippen LogP contribution < -0.4 is 22.5 Å². The van der Waals surface area contributed by atoms with Gasteiger partial charge in [-0.3, -0.25) is 19.6 Å². The minimum absolute atomic E-state index is 0.0839. The number of carbonyl (C=O) groups is 2. The van der Waals surface area contributed by atoms with Gasteiger partial charge in [0.2, 0.25) is 5.91 Å². The van der Waals surface area contributed by atoms with Crippen molar-refractivity contribution in [3.05, 3.63) is 52.6 Å². The minimum Gasteiger partial charge on any atom is -0.380 e. The van der Waals surface area contributed by atoms with Gasteiger partial charge in [-0.2, -0.15) is 4.98 Å². The quantitative estimate of drug-likeness (QED) is 0.458. The van der Waals surface area contributed by atoms with Crippen molar-refractivity contribution < 1.29 is 14.3 Å². The number of nitrogens with two attached hydrogens (primary N) is 2. The average molecular weight is 555 g/mol. The van der Waals surface area contributed by atoms with Crippen molar-refractivity contribution in [2.45, 2.75) is 63.4 Å². The van der Waals surface area contributed by atoms with Crippen molar-refractivity contribution in [3.8, 4) is 5.69 Å². The molecule has 40 heavy (non-hydrogen) atoms. The highest BCUT2D eigenvalue weighted by Gasteiger charge is 2.32. The summed E-state index contributed by atoms with van der Waals surface area (Å²) in [5, 5.41) is 2.69. The first-order chi connectivity index (χ1) is 19.0. The molecule has 3 atom stereocenters. The van der Waals surface area contributed by atoms with Gasteiger partial charge in [-0.25, -0.2) is 9.59 Å². The normalized spacial score (nSPS) is 21.9. The Labute approximate surface area is 235 Å². The first kappa shape index (κ1) is 29.7. The van der Waals surface area contributed by atoms with Gasteiger partial charge in [-0.1, -0.05) is 12.1 Å². The Morgan fingerprint density at radius 2 is 1.75 bits per heavy atom. The summed E-state index contributed by atoms with van der Waals surface area (Å²) in [6.07, 6.45) is 4.59. The zero-order chi connectivity index (χ0) is 29.0. The summed E-state index contributed by atoms with van der Waals surface area (Å²) in [7, 11) is 3.84. The fourth-order valence-electron chi connectivity index (χ4n) is 5.36. The van der Waals surface area contributed by atoms with Crippen LogP contribution in [-0.2, 0) is 16.1 Å². The topological polar surface area (TPSA) is 152 Å². The van der Waals surface area contributed by atoms with Crippen LogP contribution in [0, 0.1) is 0 Å². The van der Waals surface area contributed by atoms with Gasteiger partial charge in [0.05, 0.1) is 17.3 Å². The molecule has 2 fully saturated rings. The Bertz CT molecular complexity index is 1230. The highest BCUT2D eigenvalue weighted by atomic mass is 16.5. The maximum Gasteiger partial charge on any atom is 0.354 e. The lowest BCUT2D eigenvalue weighted by atomic mass is 9.88. The van der Waals surface area contributed by atoms with E-state index in [1.54, 1.807) is 43.0 Å². The van der Waals surface area contributed by atoms with Crippen LogP contribution in [0.4, 0.5) is 10.6 Å². The van der Waals surface area contributed by atoms with Crippen molar-refractivity contribution in [1.82, 2.24) is 24.3 Å². The van der Waals surface area contributed by atoms with Gasteiger partial charge in [0, 0.05) is 58.1 Å². The Morgan fingerprint density at radius 3 is 2.35 bits per heavy atom. The molecule has 5 N–H and O–H groups in total. The van der Waals surface area contributed by atoms with E-state index in [0.717, 1.165) is 31.4 Å². The first-order valence-corrected chi connectivity index (χ1v) is 13.8. The molecule has 4 rings (SSSR count). The van der Waals surface area contributed by atoms with E-state index in [1.165, 1.54) is 4.57 Å². The standard InChI is InChI=1S/C28H42N8O4/c1-28(2,30)25(37)34-13-15-35(16-14-34)26(38)31-24-11-12-36(27(39)32-24)20-7-5-19(6-8-20)18-33(3)21-9-10-22(29)23(17-21)40-4/h5-8,11-12,21-23H,9-10,13-18,29-30H2,1-4H3,(H,31,32,38,39)/t21-,22-,23-/m0/s1. The van der Waals surface area contributed by atoms with Crippen LogP contribution in [0.3, 0.4) is 0 Å². The average Bonchev–Trinajstić information content (AvgIpc) is 2.93.